The van der Waals surface area contributed by atoms with Gasteiger partial charge in [-0.3, -0.25) is 4.79 Å². The quantitative estimate of drug-likeness (QED) is 0.252. The lowest BCUT2D eigenvalue weighted by Crippen LogP contribution is -2.36. The number of carbonyl (C=O) groups excluding carboxylic acids is 4. The van der Waals surface area contributed by atoms with Crippen molar-refractivity contribution < 1.29 is 47.6 Å². The normalized spacial score (nSPS) is 12.3. The van der Waals surface area contributed by atoms with Crippen LogP contribution in [0.2, 0.25) is 0 Å². The number of rotatable bonds is 11. The zero-order chi connectivity index (χ0) is 28.2. The van der Waals surface area contributed by atoms with E-state index in [9.17, 15) is 19.2 Å². The van der Waals surface area contributed by atoms with Crippen LogP contribution in [0.25, 0.3) is 0 Å². The molecule has 0 bridgehead atoms. The van der Waals surface area contributed by atoms with E-state index in [1.807, 2.05) is 0 Å². The van der Waals surface area contributed by atoms with Crippen molar-refractivity contribution in [1.29, 1.82) is 0 Å². The van der Waals surface area contributed by atoms with Crippen molar-refractivity contribution in [2.45, 2.75) is 65.4 Å². The summed E-state index contributed by atoms with van der Waals surface area (Å²) in [6.07, 6.45) is -3.57. The number of nitrogens with two attached hydrogens (primary N) is 1. The second kappa shape index (κ2) is 14.6. The number of esters is 2. The lowest BCUT2D eigenvalue weighted by atomic mass is 10.1. The molecule has 0 saturated carbocycles. The Hall–Kier alpha value is -4.12. The van der Waals surface area contributed by atoms with Crippen LogP contribution in [-0.2, 0) is 30.2 Å². The van der Waals surface area contributed by atoms with Crippen molar-refractivity contribution in [3.05, 3.63) is 59.7 Å². The predicted molar refractivity (Wildman–Crippen MR) is 135 cm³/mol. The Morgan fingerprint density at radius 2 is 1.34 bits per heavy atom. The number of hydrogen-bond donors (Lipinski definition) is 1. The lowest BCUT2D eigenvalue weighted by molar-refractivity contribution is -0.148. The minimum atomic E-state index is -1.08. The largest absolute Gasteiger partial charge is 0.514 e. The molecule has 2 rings (SSSR count). The van der Waals surface area contributed by atoms with E-state index in [0.29, 0.717) is 11.1 Å². The molecule has 11 nitrogen and oxygen atoms in total. The molecule has 0 heterocycles. The summed E-state index contributed by atoms with van der Waals surface area (Å²) in [5.41, 5.74) is 6.86. The van der Waals surface area contributed by atoms with E-state index in [-0.39, 0.29) is 24.5 Å². The van der Waals surface area contributed by atoms with Gasteiger partial charge in [0.15, 0.2) is 11.5 Å². The van der Waals surface area contributed by atoms with E-state index in [0.717, 1.165) is 0 Å². The monoisotopic (exact) mass is 531 g/mol. The molecule has 2 aromatic carbocycles. The van der Waals surface area contributed by atoms with Crippen LogP contribution in [0.15, 0.2) is 48.5 Å². The number of carbonyl (C=O) groups is 4. The summed E-state index contributed by atoms with van der Waals surface area (Å²) < 4.78 is 30.7. The fourth-order valence-electron chi connectivity index (χ4n) is 2.96. The van der Waals surface area contributed by atoms with Crippen LogP contribution in [0.1, 0.15) is 50.5 Å². The zero-order valence-corrected chi connectivity index (χ0v) is 22.0. The average molecular weight is 532 g/mol. The average Bonchev–Trinajstić information content (AvgIpc) is 2.83. The van der Waals surface area contributed by atoms with Gasteiger partial charge in [0.2, 0.25) is 0 Å². The van der Waals surface area contributed by atoms with Gasteiger partial charge in [0.05, 0.1) is 17.8 Å². The highest BCUT2D eigenvalue weighted by Crippen LogP contribution is 2.30. The Labute approximate surface area is 221 Å². The van der Waals surface area contributed by atoms with Crippen LogP contribution in [0.4, 0.5) is 9.59 Å². The highest BCUT2D eigenvalue weighted by molar-refractivity contribution is 5.89. The first-order valence-corrected chi connectivity index (χ1v) is 12.0. The fourth-order valence-corrected chi connectivity index (χ4v) is 2.96. The smallest absolute Gasteiger partial charge is 0.461 e. The van der Waals surface area contributed by atoms with Crippen LogP contribution < -0.4 is 15.2 Å². The van der Waals surface area contributed by atoms with Gasteiger partial charge in [-0.25, -0.2) is 14.4 Å². The van der Waals surface area contributed by atoms with Gasteiger partial charge in [0.1, 0.15) is 18.8 Å². The van der Waals surface area contributed by atoms with Crippen LogP contribution in [0, 0.1) is 0 Å². The highest BCUT2D eigenvalue weighted by Gasteiger charge is 2.22. The Kier molecular flexibility index (Phi) is 11.5. The van der Waals surface area contributed by atoms with Gasteiger partial charge in [-0.15, -0.1) is 0 Å². The molecule has 1 unspecified atom stereocenters. The number of hydrogen-bond acceptors (Lipinski definition) is 11. The molecular formula is C27H33NO10. The van der Waals surface area contributed by atoms with Crippen molar-refractivity contribution in [2.24, 2.45) is 5.73 Å². The van der Waals surface area contributed by atoms with E-state index < -0.39 is 48.6 Å². The third kappa shape index (κ3) is 10.5. The number of ether oxygens (including phenoxy) is 6. The maximum atomic E-state index is 12.4. The summed E-state index contributed by atoms with van der Waals surface area (Å²) in [5, 5.41) is 0. The fraction of sp³-hybridized carbons (Fsp3) is 0.407. The summed E-state index contributed by atoms with van der Waals surface area (Å²) in [4.78, 5) is 48.5. The summed E-state index contributed by atoms with van der Waals surface area (Å²) in [7, 11) is 0. The van der Waals surface area contributed by atoms with Gasteiger partial charge in [0, 0.05) is 0 Å². The molecule has 0 aromatic heterocycles. The maximum Gasteiger partial charge on any atom is 0.514 e. The van der Waals surface area contributed by atoms with Crippen molar-refractivity contribution in [1.82, 2.24) is 0 Å². The Balaban J connectivity index is 2.00. The third-order valence-corrected chi connectivity index (χ3v) is 4.59. The molecule has 11 heteroatoms. The first-order valence-electron chi connectivity index (χ1n) is 12.0. The predicted octanol–water partition coefficient (Wildman–Crippen LogP) is 4.19. The molecule has 0 aliphatic rings. The molecular weight excluding hydrogens is 498 g/mol. The van der Waals surface area contributed by atoms with Crippen molar-refractivity contribution in [2.75, 3.05) is 6.61 Å². The van der Waals surface area contributed by atoms with Gasteiger partial charge in [-0.2, -0.15) is 0 Å². The summed E-state index contributed by atoms with van der Waals surface area (Å²) >= 11 is 0. The van der Waals surface area contributed by atoms with Crippen LogP contribution in [0.3, 0.4) is 0 Å². The van der Waals surface area contributed by atoms with Crippen LogP contribution in [0.5, 0.6) is 11.5 Å². The van der Waals surface area contributed by atoms with Gasteiger partial charge >= 0.3 is 24.2 Å². The second-order valence-corrected chi connectivity index (χ2v) is 8.84. The van der Waals surface area contributed by atoms with Gasteiger partial charge in [-0.05, 0) is 70.9 Å². The number of benzene rings is 2. The molecule has 2 N–H and O–H groups in total. The van der Waals surface area contributed by atoms with Crippen LogP contribution >= 0.6 is 0 Å². The third-order valence-electron chi connectivity index (χ3n) is 4.59. The SMILES string of the molecule is CC(C)OC(=O)Oc1ccc(C[C@H](N)C(=O)OCC(C)OC(=O)c2ccccc2)cc1OC(=O)OC(C)C. The zero-order valence-electron chi connectivity index (χ0n) is 22.0. The maximum absolute atomic E-state index is 12.4. The van der Waals surface area contributed by atoms with E-state index in [4.69, 9.17) is 34.2 Å². The minimum absolute atomic E-state index is 0.00330. The van der Waals surface area contributed by atoms with Gasteiger partial charge in [-0.1, -0.05) is 24.3 Å². The molecule has 2 aromatic rings. The van der Waals surface area contributed by atoms with Crippen LogP contribution in [-0.4, -0.2) is 55.2 Å². The van der Waals surface area contributed by atoms with Crippen molar-refractivity contribution in [3.63, 3.8) is 0 Å². The van der Waals surface area contributed by atoms with E-state index in [1.54, 1.807) is 65.0 Å². The molecule has 0 radical (unpaired) electrons. The Bertz CT molecular complexity index is 1100. The van der Waals surface area contributed by atoms with Crippen molar-refractivity contribution in [3.8, 4) is 11.5 Å². The molecule has 0 fully saturated rings. The van der Waals surface area contributed by atoms with E-state index >= 15 is 0 Å². The first-order chi connectivity index (χ1) is 17.9. The molecule has 0 spiro atoms. The summed E-state index contributed by atoms with van der Waals surface area (Å²) in [5.74, 6) is -1.49. The molecule has 2 atom stereocenters. The molecule has 0 aliphatic carbocycles. The molecule has 206 valence electrons. The molecule has 38 heavy (non-hydrogen) atoms. The van der Waals surface area contributed by atoms with Gasteiger partial charge in [0.25, 0.3) is 0 Å². The topological polar surface area (TPSA) is 150 Å². The lowest BCUT2D eigenvalue weighted by Gasteiger charge is -2.17. The molecule has 0 saturated heterocycles. The molecule has 0 amide bonds. The highest BCUT2D eigenvalue weighted by atomic mass is 16.7. The summed E-state index contributed by atoms with van der Waals surface area (Å²) in [6.45, 7) is 7.98. The Morgan fingerprint density at radius 3 is 1.92 bits per heavy atom. The first kappa shape index (κ1) is 30.1. The van der Waals surface area contributed by atoms with Crippen molar-refractivity contribution >= 4 is 24.2 Å². The van der Waals surface area contributed by atoms with E-state index in [1.165, 1.54) is 18.2 Å². The standard InChI is InChI=1S/C27H33NO10/c1-16(2)34-26(31)37-22-12-11-19(14-23(22)38-27(32)35-17(3)4)13-21(28)25(30)33-15-18(5)36-24(29)20-9-7-6-8-10-20/h6-12,14,16-18,21H,13,15,28H2,1-5H3/t18?,21-/m0/s1. The van der Waals surface area contributed by atoms with E-state index in [2.05, 4.69) is 0 Å². The minimum Gasteiger partial charge on any atom is -0.461 e. The summed E-state index contributed by atoms with van der Waals surface area (Å²) in [6, 6.07) is 11.6. The van der Waals surface area contributed by atoms with Gasteiger partial charge < -0.3 is 34.2 Å². The second-order valence-electron chi connectivity index (χ2n) is 8.84. The Morgan fingerprint density at radius 1 is 0.763 bits per heavy atom. The molecule has 0 aliphatic heterocycles.